The Morgan fingerprint density at radius 3 is 2.57 bits per heavy atom. The minimum absolute atomic E-state index is 0.155. The molecule has 2 aliphatic rings. The fourth-order valence-electron chi connectivity index (χ4n) is 3.18. The summed E-state index contributed by atoms with van der Waals surface area (Å²) in [6, 6.07) is 14.5. The van der Waals surface area contributed by atoms with Crippen molar-refractivity contribution in [1.29, 1.82) is 0 Å². The fourth-order valence-corrected chi connectivity index (χ4v) is 4.30. The van der Waals surface area contributed by atoms with Crippen molar-refractivity contribution < 1.29 is 14.4 Å². The zero-order valence-corrected chi connectivity index (χ0v) is 16.4. The molecule has 2 N–H and O–H groups in total. The number of hydrogen-bond donors (Lipinski definition) is 2. The van der Waals surface area contributed by atoms with Crippen LogP contribution in [0.3, 0.4) is 0 Å². The van der Waals surface area contributed by atoms with Crippen LogP contribution in [0.15, 0.2) is 53.4 Å². The number of fused-ring (bicyclic) bond motifs is 1. The molecule has 0 unspecified atom stereocenters. The highest BCUT2D eigenvalue weighted by Crippen LogP contribution is 2.42. The van der Waals surface area contributed by atoms with Crippen LogP contribution in [-0.2, 0) is 14.4 Å². The lowest BCUT2D eigenvalue weighted by Crippen LogP contribution is -2.35. The van der Waals surface area contributed by atoms with Gasteiger partial charge in [-0.05, 0) is 24.6 Å². The van der Waals surface area contributed by atoms with Gasteiger partial charge in [-0.2, -0.15) is 0 Å². The summed E-state index contributed by atoms with van der Waals surface area (Å²) in [6.07, 6.45) is 0. The molecule has 2 aromatic carbocycles. The first-order valence-electron chi connectivity index (χ1n) is 8.50. The number of hydrogen-bond acceptors (Lipinski definition) is 5. The molecule has 0 bridgehead atoms. The van der Waals surface area contributed by atoms with Crippen LogP contribution in [0.25, 0.3) is 5.57 Å². The topological polar surface area (TPSA) is 78.5 Å². The predicted octanol–water partition coefficient (Wildman–Crippen LogP) is 2.84. The molecular weight excluding hydrogens is 394 g/mol. The van der Waals surface area contributed by atoms with Gasteiger partial charge in [-0.1, -0.05) is 60.4 Å². The van der Waals surface area contributed by atoms with Crippen LogP contribution in [0.5, 0.6) is 0 Å². The van der Waals surface area contributed by atoms with E-state index in [4.69, 9.17) is 12.2 Å². The zero-order chi connectivity index (χ0) is 19.8. The Hall–Kier alpha value is -2.97. The highest BCUT2D eigenvalue weighted by atomic mass is 32.2. The van der Waals surface area contributed by atoms with E-state index < -0.39 is 0 Å². The van der Waals surface area contributed by atoms with Gasteiger partial charge in [-0.25, -0.2) is 0 Å². The number of aryl methyl sites for hydroxylation is 1. The number of thioether (sulfide) groups is 1. The van der Waals surface area contributed by atoms with Gasteiger partial charge in [0, 0.05) is 11.3 Å². The van der Waals surface area contributed by atoms with E-state index in [0.29, 0.717) is 21.3 Å². The van der Waals surface area contributed by atoms with Gasteiger partial charge in [-0.15, -0.1) is 0 Å². The highest BCUT2D eigenvalue weighted by molar-refractivity contribution is 8.27. The molecule has 2 aliphatic heterocycles. The van der Waals surface area contributed by atoms with E-state index in [1.54, 1.807) is 30.3 Å². The lowest BCUT2D eigenvalue weighted by Gasteiger charge is -2.17. The van der Waals surface area contributed by atoms with Crippen molar-refractivity contribution >= 4 is 63.0 Å². The van der Waals surface area contributed by atoms with Crippen molar-refractivity contribution in [3.8, 4) is 0 Å². The Bertz CT molecular complexity index is 1080. The molecule has 2 aromatic rings. The summed E-state index contributed by atoms with van der Waals surface area (Å²) in [7, 11) is 0. The van der Waals surface area contributed by atoms with Crippen molar-refractivity contribution in [3.05, 3.63) is 64.6 Å². The van der Waals surface area contributed by atoms with Gasteiger partial charge in [0.15, 0.2) is 0 Å². The van der Waals surface area contributed by atoms with Crippen LogP contribution in [0.2, 0.25) is 0 Å². The van der Waals surface area contributed by atoms with Crippen molar-refractivity contribution in [1.82, 2.24) is 5.32 Å². The Labute approximate surface area is 171 Å². The van der Waals surface area contributed by atoms with Gasteiger partial charge in [0.1, 0.15) is 10.9 Å². The molecule has 0 spiro atoms. The molecule has 4 rings (SSSR count). The molecule has 2 heterocycles. The molecule has 28 heavy (non-hydrogen) atoms. The lowest BCUT2D eigenvalue weighted by atomic mass is 10.1. The summed E-state index contributed by atoms with van der Waals surface area (Å²) < 4.78 is 0.313. The van der Waals surface area contributed by atoms with E-state index >= 15 is 0 Å². The SMILES string of the molecule is Cc1ccccc1NC(=O)CN1C(=O)/C(=C2\SC(=S)NC2=O)c2ccccc21. The van der Waals surface area contributed by atoms with E-state index in [1.165, 1.54) is 4.90 Å². The van der Waals surface area contributed by atoms with E-state index in [-0.39, 0.29) is 34.7 Å². The van der Waals surface area contributed by atoms with Gasteiger partial charge >= 0.3 is 0 Å². The smallest absolute Gasteiger partial charge is 0.264 e. The third-order valence-electron chi connectivity index (χ3n) is 4.49. The van der Waals surface area contributed by atoms with Gasteiger partial charge in [0.05, 0.1) is 16.2 Å². The first kappa shape index (κ1) is 18.4. The van der Waals surface area contributed by atoms with Crippen LogP contribution in [-0.4, -0.2) is 28.6 Å². The second-order valence-electron chi connectivity index (χ2n) is 6.32. The van der Waals surface area contributed by atoms with E-state index in [0.717, 1.165) is 17.3 Å². The molecule has 0 radical (unpaired) electrons. The van der Waals surface area contributed by atoms with Gasteiger partial charge in [0.25, 0.3) is 11.8 Å². The summed E-state index contributed by atoms with van der Waals surface area (Å²) in [5.74, 6) is -1.09. The summed E-state index contributed by atoms with van der Waals surface area (Å²) in [4.78, 5) is 39.6. The summed E-state index contributed by atoms with van der Waals surface area (Å²) in [5.41, 5.74) is 3.13. The average Bonchev–Trinajstić information content (AvgIpc) is 3.13. The maximum absolute atomic E-state index is 13.1. The van der Waals surface area contributed by atoms with Crippen LogP contribution in [0, 0.1) is 6.92 Å². The molecule has 1 saturated heterocycles. The maximum atomic E-state index is 13.1. The molecule has 0 atom stereocenters. The first-order chi connectivity index (χ1) is 13.5. The van der Waals surface area contributed by atoms with E-state index in [9.17, 15) is 14.4 Å². The minimum Gasteiger partial charge on any atom is -0.324 e. The number of thiocarbonyl (C=S) groups is 1. The van der Waals surface area contributed by atoms with Crippen molar-refractivity contribution in [3.63, 3.8) is 0 Å². The number of benzene rings is 2. The normalized spacial score (nSPS) is 18.3. The Morgan fingerprint density at radius 1 is 1.14 bits per heavy atom. The molecule has 0 saturated carbocycles. The second kappa shape index (κ2) is 7.21. The highest BCUT2D eigenvalue weighted by Gasteiger charge is 2.39. The van der Waals surface area contributed by atoms with Gasteiger partial charge in [0.2, 0.25) is 5.91 Å². The number of para-hydroxylation sites is 2. The monoisotopic (exact) mass is 409 g/mol. The molecule has 0 aromatic heterocycles. The van der Waals surface area contributed by atoms with Crippen LogP contribution < -0.4 is 15.5 Å². The largest absolute Gasteiger partial charge is 0.324 e. The third-order valence-corrected chi connectivity index (χ3v) is 5.72. The van der Waals surface area contributed by atoms with E-state index in [1.807, 2.05) is 25.1 Å². The average molecular weight is 409 g/mol. The predicted molar refractivity (Wildman–Crippen MR) is 114 cm³/mol. The van der Waals surface area contributed by atoms with Crippen LogP contribution in [0.1, 0.15) is 11.1 Å². The Balaban J connectivity index is 1.66. The molecule has 6 nitrogen and oxygen atoms in total. The summed E-state index contributed by atoms with van der Waals surface area (Å²) in [6.45, 7) is 1.74. The lowest BCUT2D eigenvalue weighted by molar-refractivity contribution is -0.118. The number of nitrogens with zero attached hydrogens (tertiary/aromatic N) is 1. The minimum atomic E-state index is -0.389. The third kappa shape index (κ3) is 3.21. The van der Waals surface area contributed by atoms with Gasteiger partial charge < -0.3 is 10.6 Å². The first-order valence-corrected chi connectivity index (χ1v) is 9.72. The van der Waals surface area contributed by atoms with Gasteiger partial charge in [-0.3, -0.25) is 19.3 Å². The number of carbonyl (C=O) groups is 3. The molecular formula is C20H15N3O3S2. The molecule has 1 fully saturated rings. The number of rotatable bonds is 3. The van der Waals surface area contributed by atoms with Crippen LogP contribution >= 0.6 is 24.0 Å². The Morgan fingerprint density at radius 2 is 1.86 bits per heavy atom. The zero-order valence-electron chi connectivity index (χ0n) is 14.8. The van der Waals surface area contributed by atoms with Crippen molar-refractivity contribution in [2.24, 2.45) is 0 Å². The number of nitrogens with one attached hydrogen (secondary N) is 2. The summed E-state index contributed by atoms with van der Waals surface area (Å²) >= 11 is 6.10. The Kier molecular flexibility index (Phi) is 4.74. The van der Waals surface area contributed by atoms with Crippen molar-refractivity contribution in [2.45, 2.75) is 6.92 Å². The number of carbonyl (C=O) groups excluding carboxylic acids is 3. The molecule has 0 aliphatic carbocycles. The fraction of sp³-hybridized carbons (Fsp3) is 0.100. The standard InChI is InChI=1S/C20H15N3O3S2/c1-11-6-2-4-8-13(11)21-15(24)10-23-14-9-5-3-7-12(14)16(19(23)26)17-18(25)22-20(27)28-17/h2-9H,10H2,1H3,(H,21,24)(H,22,25,27)/b17-16-. The van der Waals surface area contributed by atoms with E-state index in [2.05, 4.69) is 10.6 Å². The number of anilines is 2. The molecule has 140 valence electrons. The van der Waals surface area contributed by atoms with Crippen molar-refractivity contribution in [2.75, 3.05) is 16.8 Å². The molecule has 8 heteroatoms. The van der Waals surface area contributed by atoms with Crippen LogP contribution in [0.4, 0.5) is 11.4 Å². The second-order valence-corrected chi connectivity index (χ2v) is 8.01. The number of amides is 3. The maximum Gasteiger partial charge on any atom is 0.264 e. The quantitative estimate of drug-likeness (QED) is 0.602. The summed E-state index contributed by atoms with van der Waals surface area (Å²) in [5, 5.41) is 5.37. The molecule has 3 amide bonds.